The van der Waals surface area contributed by atoms with Crippen LogP contribution in [0.5, 0.6) is 0 Å². The van der Waals surface area contributed by atoms with Crippen molar-refractivity contribution in [2.75, 3.05) is 32.9 Å². The lowest BCUT2D eigenvalue weighted by atomic mass is 9.72. The molecule has 4 aliphatic heterocycles. The van der Waals surface area contributed by atoms with Crippen molar-refractivity contribution in [3.8, 4) is 69.9 Å². The number of nitrogens with zero attached hydrogens (tertiary/aromatic N) is 15. The van der Waals surface area contributed by atoms with Crippen molar-refractivity contribution in [3.05, 3.63) is 65.8 Å². The van der Waals surface area contributed by atoms with Crippen LogP contribution in [-0.4, -0.2) is 126 Å². The Hall–Kier alpha value is -6.49. The zero-order chi connectivity index (χ0) is 51.6. The maximum Gasteiger partial charge on any atom is 0.233 e. The Morgan fingerprint density at radius 3 is 2.17 bits per heavy atom. The van der Waals surface area contributed by atoms with Crippen molar-refractivity contribution in [1.29, 1.82) is 0 Å². The van der Waals surface area contributed by atoms with Crippen molar-refractivity contribution in [2.24, 2.45) is 23.2 Å². The Morgan fingerprint density at radius 1 is 0.763 bits per heavy atom. The molecule has 6 aromatic heterocycles. The summed E-state index contributed by atoms with van der Waals surface area (Å²) in [6.45, 7) is 17.1. The summed E-state index contributed by atoms with van der Waals surface area (Å²) in [5.41, 5.74) is 7.07. The van der Waals surface area contributed by atoms with Gasteiger partial charge in [0.1, 0.15) is 35.9 Å². The molecule has 3 unspecified atom stereocenters. The molecular weight excluding hydrogens is 955 g/mol. The smallest absolute Gasteiger partial charge is 0.233 e. The third-order valence-corrected chi connectivity index (χ3v) is 16.1. The van der Waals surface area contributed by atoms with Crippen LogP contribution in [0.4, 0.5) is 0 Å². The first-order valence-corrected chi connectivity index (χ1v) is 28.2. The number of hydrogen-bond donors (Lipinski definition) is 0. The van der Waals surface area contributed by atoms with Gasteiger partial charge in [0.05, 0.1) is 74.0 Å². The molecule has 6 atom stereocenters. The standard InChI is InChI=1S/C58H72N15O3/c1-5-72-46(22-20-44-30-50(44)55-58(3,4)40-68(55)23-12-13-43-29-41(2)54(59-31-43)51-37-69(64-62-51)34-47-14-6-9-26-74-47)32-60-57(72)53-39-71(36-49-16-8-11-28-76-49)66-73(53)25-24-67-33-45(21-19-42-17-18-42)61-56(67)52-38-70(65-63-52)35-48-15-7-10-27-75-48/h29,31-33,37-39,42,44,47-50,55H,5-11,14-18,23-28,30,34-36,40H2,1-4H3/q+1/t44?,47-,48-,49-,50?,55?/m1/s1. The van der Waals surface area contributed by atoms with Gasteiger partial charge in [-0.25, -0.2) is 19.3 Å². The van der Waals surface area contributed by atoms with Gasteiger partial charge in [-0.3, -0.25) is 9.88 Å². The average molecular weight is 1030 g/mol. The number of ether oxygens (including phenoxy) is 3. The number of aromatic nitrogens is 14. The predicted octanol–water partition coefficient (Wildman–Crippen LogP) is 6.39. The zero-order valence-corrected chi connectivity index (χ0v) is 44.8. The van der Waals surface area contributed by atoms with Gasteiger partial charge >= 0.3 is 0 Å². The number of hydrogen-bond acceptors (Lipinski definition) is 12. The van der Waals surface area contributed by atoms with Gasteiger partial charge in [0.15, 0.2) is 17.8 Å². The Kier molecular flexibility index (Phi) is 14.7. The summed E-state index contributed by atoms with van der Waals surface area (Å²) < 4.78 is 30.4. The maximum absolute atomic E-state index is 6.19. The van der Waals surface area contributed by atoms with E-state index in [1.165, 1.54) is 19.3 Å². The van der Waals surface area contributed by atoms with Gasteiger partial charge in [-0.05, 0) is 126 Å². The molecule has 2 aliphatic carbocycles. The summed E-state index contributed by atoms with van der Waals surface area (Å²) in [7, 11) is 0. The molecule has 0 amide bonds. The van der Waals surface area contributed by atoms with Crippen LogP contribution in [0.1, 0.15) is 120 Å². The second-order valence-electron chi connectivity index (χ2n) is 22.7. The minimum absolute atomic E-state index is 0.124. The summed E-state index contributed by atoms with van der Waals surface area (Å²) in [4.78, 5) is 17.4. The van der Waals surface area contributed by atoms with Crippen LogP contribution in [0.25, 0.3) is 34.4 Å². The quantitative estimate of drug-likeness (QED) is 0.0825. The van der Waals surface area contributed by atoms with Gasteiger partial charge in [-0.1, -0.05) is 48.0 Å². The fourth-order valence-electron chi connectivity index (χ4n) is 11.9. The second-order valence-corrected chi connectivity index (χ2v) is 22.7. The highest BCUT2D eigenvalue weighted by Crippen LogP contribution is 2.53. The number of rotatable bonds is 15. The van der Waals surface area contributed by atoms with Gasteiger partial charge < -0.3 is 23.3 Å². The van der Waals surface area contributed by atoms with Crippen LogP contribution in [-0.2, 0) is 53.5 Å². The number of likely N-dealkylation sites (tertiary alicyclic amines) is 1. The molecule has 0 radical (unpaired) electrons. The normalized spacial score (nSPS) is 24.2. The van der Waals surface area contributed by atoms with E-state index in [4.69, 9.17) is 34.4 Å². The van der Waals surface area contributed by atoms with Gasteiger partial charge in [0.25, 0.3) is 0 Å². The Bertz CT molecular complexity index is 3190. The van der Waals surface area contributed by atoms with E-state index in [0.717, 1.165) is 154 Å². The molecule has 0 aromatic carbocycles. The van der Waals surface area contributed by atoms with E-state index in [-0.39, 0.29) is 23.7 Å². The van der Waals surface area contributed by atoms with E-state index in [1.807, 2.05) is 45.0 Å². The van der Waals surface area contributed by atoms with E-state index >= 15 is 0 Å². The Labute approximate surface area is 446 Å². The minimum atomic E-state index is 0.124. The molecule has 6 aliphatic rings. The molecule has 0 bridgehead atoms. The van der Waals surface area contributed by atoms with Crippen molar-refractivity contribution in [3.63, 3.8) is 0 Å². The van der Waals surface area contributed by atoms with Crippen molar-refractivity contribution < 1.29 is 18.9 Å². The summed E-state index contributed by atoms with van der Waals surface area (Å²) >= 11 is 0. The first kappa shape index (κ1) is 50.3. The van der Waals surface area contributed by atoms with Crippen molar-refractivity contribution in [2.45, 2.75) is 168 Å². The molecule has 6 aromatic rings. The third kappa shape index (κ3) is 11.6. The predicted molar refractivity (Wildman–Crippen MR) is 283 cm³/mol. The summed E-state index contributed by atoms with van der Waals surface area (Å²) in [6.07, 6.45) is 25.8. The Balaban J connectivity index is 0.728. The molecule has 12 rings (SSSR count). The van der Waals surface area contributed by atoms with Crippen LogP contribution in [0.2, 0.25) is 0 Å². The lowest BCUT2D eigenvalue weighted by molar-refractivity contribution is -0.761. The SMILES string of the molecule is CCn1c(C#CC2CC2C2N(CC#Cc3cnc(-c4cn(C[C@H]5CCCCO5)nn4)c(C)c3)CC2(C)C)cnc1-c1c[n+](C[C@H]2CCCCO2)nn1CCn1cc(C#CC2CC2)nc1-c1cn(C[C@H]2CCCCO2)nn1. The van der Waals surface area contributed by atoms with Crippen molar-refractivity contribution in [1.82, 2.24) is 68.9 Å². The second kappa shape index (κ2) is 22.2. The zero-order valence-electron chi connectivity index (χ0n) is 44.8. The highest BCUT2D eigenvalue weighted by molar-refractivity contribution is 5.59. The Morgan fingerprint density at radius 2 is 1.49 bits per heavy atom. The average Bonchev–Trinajstić information content (AvgIpc) is 4.06. The highest BCUT2D eigenvalue weighted by atomic mass is 16.5. The molecule has 10 heterocycles. The largest absolute Gasteiger partial charge is 0.376 e. The fourth-order valence-corrected chi connectivity index (χ4v) is 11.9. The van der Waals surface area contributed by atoms with E-state index in [9.17, 15) is 0 Å². The third-order valence-electron chi connectivity index (χ3n) is 16.1. The van der Waals surface area contributed by atoms with E-state index in [2.05, 4.69) is 115 Å². The molecule has 18 heteroatoms. The van der Waals surface area contributed by atoms with E-state index in [1.54, 1.807) is 0 Å². The van der Waals surface area contributed by atoms with Gasteiger partial charge in [0, 0.05) is 68.7 Å². The van der Waals surface area contributed by atoms with Crippen molar-refractivity contribution >= 4 is 0 Å². The molecule has 396 valence electrons. The minimum Gasteiger partial charge on any atom is -0.376 e. The molecule has 4 saturated heterocycles. The summed E-state index contributed by atoms with van der Waals surface area (Å²) in [5, 5.41) is 23.1. The van der Waals surface area contributed by atoms with Crippen LogP contribution in [0, 0.1) is 65.6 Å². The molecule has 0 N–H and O–H groups in total. The molecular formula is C58H72N15O3+. The molecule has 76 heavy (non-hydrogen) atoms. The van der Waals surface area contributed by atoms with Crippen LogP contribution in [0.15, 0.2) is 43.2 Å². The number of imidazole rings is 2. The van der Waals surface area contributed by atoms with Gasteiger partial charge in [-0.15, -0.1) is 19.6 Å². The van der Waals surface area contributed by atoms with Gasteiger partial charge in [-0.2, -0.15) is 0 Å². The monoisotopic (exact) mass is 1030 g/mol. The first-order chi connectivity index (χ1) is 37.2. The molecule has 18 nitrogen and oxygen atoms in total. The molecule has 6 fully saturated rings. The molecule has 2 saturated carbocycles. The topological polar surface area (TPSA) is 163 Å². The van der Waals surface area contributed by atoms with Crippen LogP contribution in [0.3, 0.4) is 0 Å². The van der Waals surface area contributed by atoms with E-state index in [0.29, 0.717) is 56.5 Å². The highest BCUT2D eigenvalue weighted by Gasteiger charge is 2.56. The lowest BCUT2D eigenvalue weighted by Crippen LogP contribution is -2.63. The summed E-state index contributed by atoms with van der Waals surface area (Å²) in [6, 6.07) is 2.53. The first-order valence-electron chi connectivity index (χ1n) is 28.2. The molecule has 0 spiro atoms. The lowest BCUT2D eigenvalue weighted by Gasteiger charge is -2.54. The number of pyridine rings is 1. The fraction of sp³-hybridized carbons (Fsp3) is 0.603. The van der Waals surface area contributed by atoms with Gasteiger partial charge in [0.2, 0.25) is 5.69 Å². The summed E-state index contributed by atoms with van der Waals surface area (Å²) in [5.74, 6) is 23.8. The number of aryl methyl sites for hydroxylation is 3. The maximum atomic E-state index is 6.19. The van der Waals surface area contributed by atoms with Crippen LogP contribution >= 0.6 is 0 Å². The van der Waals surface area contributed by atoms with E-state index < -0.39 is 0 Å². The van der Waals surface area contributed by atoms with Crippen LogP contribution < -0.4 is 4.68 Å².